The van der Waals surface area contributed by atoms with Gasteiger partial charge in [-0.25, -0.2) is 4.39 Å². The number of aromatic nitrogens is 1. The summed E-state index contributed by atoms with van der Waals surface area (Å²) in [6.07, 6.45) is 1.91. The van der Waals surface area contributed by atoms with E-state index in [1.807, 2.05) is 24.0 Å². The highest BCUT2D eigenvalue weighted by Crippen LogP contribution is 2.29. The van der Waals surface area contributed by atoms with Crippen molar-refractivity contribution >= 4 is 23.2 Å². The molecule has 0 fully saturated rings. The van der Waals surface area contributed by atoms with Crippen LogP contribution in [0.3, 0.4) is 0 Å². The van der Waals surface area contributed by atoms with Crippen molar-refractivity contribution in [2.45, 2.75) is 13.3 Å². The second-order valence-electron chi connectivity index (χ2n) is 6.52. The third-order valence-corrected chi connectivity index (χ3v) is 5.34. The predicted molar refractivity (Wildman–Crippen MR) is 99.3 cm³/mol. The number of amides is 1. The molecule has 0 unspecified atom stereocenters. The molecule has 0 radical (unpaired) electrons. The molecule has 2 aliphatic heterocycles. The van der Waals surface area contributed by atoms with E-state index >= 15 is 0 Å². The van der Waals surface area contributed by atoms with Crippen molar-refractivity contribution < 1.29 is 9.18 Å². The lowest BCUT2D eigenvalue weighted by atomic mass is 9.96. The number of carbonyl (C=O) groups is 1. The van der Waals surface area contributed by atoms with Gasteiger partial charge in [0.05, 0.1) is 34.7 Å². The molecule has 1 amide bonds. The summed E-state index contributed by atoms with van der Waals surface area (Å²) in [5, 5.41) is 0.510. The first-order valence-electron chi connectivity index (χ1n) is 8.46. The van der Waals surface area contributed by atoms with Gasteiger partial charge in [0.1, 0.15) is 5.82 Å². The van der Waals surface area contributed by atoms with Crippen LogP contribution in [-0.2, 0) is 0 Å². The Bertz CT molecular complexity index is 950. The number of nitrogens with zero attached hydrogens (tertiary/aromatic N) is 3. The number of pyridine rings is 1. The molecule has 1 aromatic heterocycles. The molecule has 1 aromatic carbocycles. The van der Waals surface area contributed by atoms with Crippen LogP contribution in [0.5, 0.6) is 0 Å². The van der Waals surface area contributed by atoms with E-state index in [4.69, 9.17) is 11.6 Å². The molecule has 4 nitrogen and oxygen atoms in total. The first kappa shape index (κ1) is 16.9. The minimum absolute atomic E-state index is 0.0568. The maximum absolute atomic E-state index is 13.1. The van der Waals surface area contributed by atoms with E-state index in [-0.39, 0.29) is 11.7 Å². The third-order valence-electron chi connectivity index (χ3n) is 4.83. The Morgan fingerprint density at radius 3 is 2.88 bits per heavy atom. The number of hydrogen-bond donors (Lipinski definition) is 0. The third kappa shape index (κ3) is 2.92. The van der Waals surface area contributed by atoms with E-state index < -0.39 is 0 Å². The highest BCUT2D eigenvalue weighted by molar-refractivity contribution is 6.34. The van der Waals surface area contributed by atoms with Crippen LogP contribution >= 0.6 is 11.6 Å². The summed E-state index contributed by atoms with van der Waals surface area (Å²) >= 11 is 6.31. The monoisotopic (exact) mass is 369 g/mol. The molecule has 0 atom stereocenters. The Balaban J connectivity index is 1.56. The van der Waals surface area contributed by atoms with Gasteiger partial charge in [-0.3, -0.25) is 14.8 Å². The van der Waals surface area contributed by atoms with Crippen LogP contribution < -0.4 is 0 Å². The van der Waals surface area contributed by atoms with Crippen molar-refractivity contribution in [2.24, 2.45) is 4.99 Å². The SMILES string of the molecule is Cc1cccc(C(=O)N2CCC3=C(CN=C3c3ccc(F)cn3)C2)c1Cl. The van der Waals surface area contributed by atoms with Gasteiger partial charge in [-0.05, 0) is 48.3 Å². The Labute approximate surface area is 156 Å². The first-order chi connectivity index (χ1) is 12.5. The molecule has 2 aromatic rings. The van der Waals surface area contributed by atoms with Gasteiger partial charge >= 0.3 is 0 Å². The van der Waals surface area contributed by atoms with Gasteiger partial charge in [0.15, 0.2) is 0 Å². The van der Waals surface area contributed by atoms with E-state index in [0.717, 1.165) is 22.4 Å². The van der Waals surface area contributed by atoms with E-state index in [1.54, 1.807) is 12.1 Å². The molecule has 0 saturated carbocycles. The van der Waals surface area contributed by atoms with E-state index in [2.05, 4.69) is 9.98 Å². The van der Waals surface area contributed by atoms with Gasteiger partial charge in [-0.2, -0.15) is 0 Å². The molecular formula is C20H17ClFN3O. The maximum Gasteiger partial charge on any atom is 0.255 e. The van der Waals surface area contributed by atoms with E-state index in [1.165, 1.54) is 12.3 Å². The van der Waals surface area contributed by atoms with Crippen LogP contribution in [0.15, 0.2) is 52.7 Å². The lowest BCUT2D eigenvalue weighted by Crippen LogP contribution is -2.38. The molecule has 0 aliphatic carbocycles. The second kappa shape index (κ2) is 6.65. The molecule has 0 spiro atoms. The number of carbonyl (C=O) groups excluding carboxylic acids is 1. The summed E-state index contributed by atoms with van der Waals surface area (Å²) in [4.78, 5) is 23.4. The summed E-state index contributed by atoms with van der Waals surface area (Å²) in [5.74, 6) is -0.421. The first-order valence-corrected chi connectivity index (χ1v) is 8.84. The van der Waals surface area contributed by atoms with Gasteiger partial charge in [0.25, 0.3) is 5.91 Å². The number of aliphatic imine (C=N–C) groups is 1. The Hall–Kier alpha value is -2.53. The summed E-state index contributed by atoms with van der Waals surface area (Å²) in [5.41, 5.74) is 5.18. The van der Waals surface area contributed by atoms with Gasteiger partial charge in [0, 0.05) is 13.1 Å². The molecule has 0 N–H and O–H groups in total. The van der Waals surface area contributed by atoms with Crippen LogP contribution in [0, 0.1) is 12.7 Å². The van der Waals surface area contributed by atoms with Crippen molar-refractivity contribution in [3.05, 3.63) is 75.3 Å². The smallest absolute Gasteiger partial charge is 0.255 e. The fourth-order valence-electron chi connectivity index (χ4n) is 3.44. The molecule has 26 heavy (non-hydrogen) atoms. The van der Waals surface area contributed by atoms with Gasteiger partial charge in [-0.15, -0.1) is 0 Å². The van der Waals surface area contributed by atoms with Crippen LogP contribution in [0.2, 0.25) is 5.02 Å². The lowest BCUT2D eigenvalue weighted by Gasteiger charge is -2.29. The molecule has 4 rings (SSSR count). The molecule has 0 saturated heterocycles. The van der Waals surface area contributed by atoms with Crippen molar-refractivity contribution in [1.29, 1.82) is 0 Å². The van der Waals surface area contributed by atoms with E-state index in [9.17, 15) is 9.18 Å². The zero-order valence-electron chi connectivity index (χ0n) is 14.3. The minimum atomic E-state index is -0.364. The second-order valence-corrected chi connectivity index (χ2v) is 6.90. The van der Waals surface area contributed by atoms with Gasteiger partial charge in [0.2, 0.25) is 0 Å². The minimum Gasteiger partial charge on any atom is -0.334 e. The van der Waals surface area contributed by atoms with Crippen LogP contribution in [-0.4, -0.2) is 41.1 Å². The van der Waals surface area contributed by atoms with Gasteiger partial charge < -0.3 is 4.90 Å². The van der Waals surface area contributed by atoms with Crippen LogP contribution in [0.4, 0.5) is 4.39 Å². The number of aryl methyl sites for hydroxylation is 1. The van der Waals surface area contributed by atoms with Crippen LogP contribution in [0.25, 0.3) is 0 Å². The number of hydrogen-bond acceptors (Lipinski definition) is 3. The molecule has 0 bridgehead atoms. The largest absolute Gasteiger partial charge is 0.334 e. The number of halogens is 2. The normalized spacial score (nSPS) is 16.6. The number of benzene rings is 1. The number of rotatable bonds is 2. The molecular weight excluding hydrogens is 353 g/mol. The average Bonchev–Trinajstić information content (AvgIpc) is 3.07. The summed E-state index contributed by atoms with van der Waals surface area (Å²) in [6, 6.07) is 8.54. The molecule has 2 aliphatic rings. The average molecular weight is 370 g/mol. The van der Waals surface area contributed by atoms with Crippen molar-refractivity contribution in [2.75, 3.05) is 19.6 Å². The van der Waals surface area contributed by atoms with E-state index in [0.29, 0.717) is 42.3 Å². The summed E-state index contributed by atoms with van der Waals surface area (Å²) in [6.45, 7) is 3.58. The standard InChI is InChI=1S/C20H17ClFN3O/c1-12-3-2-4-16(18(12)21)20(26)25-8-7-15-13(11-25)9-24-19(15)17-6-5-14(22)10-23-17/h2-6,10H,7-9,11H2,1H3. The quantitative estimate of drug-likeness (QED) is 0.807. The fraction of sp³-hybridized carbons (Fsp3) is 0.250. The van der Waals surface area contributed by atoms with Crippen molar-refractivity contribution in [3.63, 3.8) is 0 Å². The Morgan fingerprint density at radius 1 is 1.27 bits per heavy atom. The lowest BCUT2D eigenvalue weighted by molar-refractivity contribution is 0.0765. The molecule has 3 heterocycles. The van der Waals surface area contributed by atoms with Crippen LogP contribution in [0.1, 0.15) is 28.0 Å². The predicted octanol–water partition coefficient (Wildman–Crippen LogP) is 3.83. The fourth-order valence-corrected chi connectivity index (χ4v) is 3.64. The Kier molecular flexibility index (Phi) is 4.32. The van der Waals surface area contributed by atoms with Crippen molar-refractivity contribution in [1.82, 2.24) is 9.88 Å². The molecule has 132 valence electrons. The summed E-state index contributed by atoms with van der Waals surface area (Å²) < 4.78 is 13.1. The van der Waals surface area contributed by atoms with Gasteiger partial charge in [-0.1, -0.05) is 23.7 Å². The molecule has 6 heteroatoms. The highest BCUT2D eigenvalue weighted by Gasteiger charge is 2.30. The van der Waals surface area contributed by atoms with Crippen molar-refractivity contribution in [3.8, 4) is 0 Å². The highest BCUT2D eigenvalue weighted by atomic mass is 35.5. The zero-order chi connectivity index (χ0) is 18.3. The topological polar surface area (TPSA) is 45.6 Å². The maximum atomic E-state index is 13.1. The summed E-state index contributed by atoms with van der Waals surface area (Å²) in [7, 11) is 0. The Morgan fingerprint density at radius 2 is 2.12 bits per heavy atom. The zero-order valence-corrected chi connectivity index (χ0v) is 15.1.